The van der Waals surface area contributed by atoms with Crippen molar-refractivity contribution in [3.05, 3.63) is 34.1 Å². The highest BCUT2D eigenvalue weighted by molar-refractivity contribution is 9.10. The quantitative estimate of drug-likeness (QED) is 0.856. The lowest BCUT2D eigenvalue weighted by atomic mass is 10.0. The van der Waals surface area contributed by atoms with Gasteiger partial charge in [-0.05, 0) is 47.0 Å². The zero-order valence-electron chi connectivity index (χ0n) is 9.73. The van der Waals surface area contributed by atoms with Crippen LogP contribution in [0.2, 0.25) is 0 Å². The van der Waals surface area contributed by atoms with Crippen molar-refractivity contribution < 1.29 is 9.18 Å². The summed E-state index contributed by atoms with van der Waals surface area (Å²) in [4.78, 5) is 13.8. The molecule has 0 atom stereocenters. The van der Waals surface area contributed by atoms with Gasteiger partial charge in [-0.25, -0.2) is 4.39 Å². The minimum Gasteiger partial charge on any atom is -0.339 e. The molecule has 1 amide bonds. The van der Waals surface area contributed by atoms with E-state index in [1.807, 2.05) is 0 Å². The Morgan fingerprint density at radius 3 is 2.56 bits per heavy atom. The van der Waals surface area contributed by atoms with Gasteiger partial charge in [0, 0.05) is 24.7 Å². The maximum absolute atomic E-state index is 13.3. The molecule has 1 saturated heterocycles. The van der Waals surface area contributed by atoms with Gasteiger partial charge >= 0.3 is 0 Å². The molecule has 0 aromatic heterocycles. The number of amides is 1. The second-order valence-electron chi connectivity index (χ2n) is 4.26. The van der Waals surface area contributed by atoms with Crippen molar-refractivity contribution in [1.82, 2.24) is 4.90 Å². The zero-order chi connectivity index (χ0) is 12.4. The van der Waals surface area contributed by atoms with Crippen LogP contribution in [0.1, 0.15) is 23.2 Å². The van der Waals surface area contributed by atoms with Crippen molar-refractivity contribution in [1.29, 1.82) is 0 Å². The Morgan fingerprint density at radius 1 is 1.39 bits per heavy atom. The molecule has 6 heteroatoms. The molecule has 0 unspecified atom stereocenters. The van der Waals surface area contributed by atoms with Gasteiger partial charge in [0.05, 0.1) is 4.47 Å². The molecule has 2 N–H and O–H groups in total. The van der Waals surface area contributed by atoms with Crippen molar-refractivity contribution in [2.75, 3.05) is 13.1 Å². The Morgan fingerprint density at radius 2 is 2.00 bits per heavy atom. The SMILES string of the molecule is Cl.NC1CCN(C(=O)c2ccc(Br)c(F)c2)CC1. The predicted octanol–water partition coefficient (Wildman–Crippen LogP) is 2.57. The molecule has 1 aromatic rings. The van der Waals surface area contributed by atoms with Gasteiger partial charge in [-0.15, -0.1) is 12.4 Å². The highest BCUT2D eigenvalue weighted by Crippen LogP contribution is 2.19. The minimum atomic E-state index is -0.412. The number of carbonyl (C=O) groups is 1. The second-order valence-corrected chi connectivity index (χ2v) is 5.11. The zero-order valence-corrected chi connectivity index (χ0v) is 12.1. The Kier molecular flexibility index (Phi) is 5.56. The summed E-state index contributed by atoms with van der Waals surface area (Å²) >= 11 is 3.07. The van der Waals surface area contributed by atoms with E-state index < -0.39 is 5.82 Å². The van der Waals surface area contributed by atoms with E-state index in [4.69, 9.17) is 5.73 Å². The van der Waals surface area contributed by atoms with E-state index >= 15 is 0 Å². The van der Waals surface area contributed by atoms with Gasteiger partial charge in [-0.3, -0.25) is 4.79 Å². The number of hydrogen-bond donors (Lipinski definition) is 1. The van der Waals surface area contributed by atoms with E-state index in [0.717, 1.165) is 12.8 Å². The standard InChI is InChI=1S/C12H14BrFN2O.ClH/c13-10-2-1-8(7-11(10)14)12(17)16-5-3-9(15)4-6-16;/h1-2,7,9H,3-6,15H2;1H. The van der Waals surface area contributed by atoms with Gasteiger partial charge in [0.15, 0.2) is 0 Å². The van der Waals surface area contributed by atoms with E-state index in [9.17, 15) is 9.18 Å². The molecule has 0 radical (unpaired) electrons. The first-order chi connectivity index (χ1) is 8.08. The van der Waals surface area contributed by atoms with Gasteiger partial charge in [-0.1, -0.05) is 0 Å². The van der Waals surface area contributed by atoms with Crippen molar-refractivity contribution >= 4 is 34.2 Å². The Bertz CT molecular complexity index is 436. The first kappa shape index (κ1) is 15.4. The summed E-state index contributed by atoms with van der Waals surface area (Å²) in [5.74, 6) is -0.534. The van der Waals surface area contributed by atoms with Crippen LogP contribution in [0.5, 0.6) is 0 Å². The number of carbonyl (C=O) groups excluding carboxylic acids is 1. The van der Waals surface area contributed by atoms with Crippen molar-refractivity contribution in [3.8, 4) is 0 Å². The second kappa shape index (κ2) is 6.50. The molecule has 3 nitrogen and oxygen atoms in total. The molecule has 0 aliphatic carbocycles. The number of hydrogen-bond acceptors (Lipinski definition) is 2. The predicted molar refractivity (Wildman–Crippen MR) is 74.5 cm³/mol. The molecular formula is C12H15BrClFN2O. The lowest BCUT2D eigenvalue weighted by molar-refractivity contribution is 0.0714. The van der Waals surface area contributed by atoms with Gasteiger partial charge < -0.3 is 10.6 Å². The highest BCUT2D eigenvalue weighted by atomic mass is 79.9. The molecule has 18 heavy (non-hydrogen) atoms. The molecule has 1 aliphatic rings. The third-order valence-corrected chi connectivity index (χ3v) is 3.64. The van der Waals surface area contributed by atoms with Crippen LogP contribution in [0.3, 0.4) is 0 Å². The van der Waals surface area contributed by atoms with Crippen LogP contribution in [0, 0.1) is 5.82 Å². The lowest BCUT2D eigenvalue weighted by Crippen LogP contribution is -2.42. The van der Waals surface area contributed by atoms with Crippen LogP contribution in [0.15, 0.2) is 22.7 Å². The van der Waals surface area contributed by atoms with Crippen molar-refractivity contribution in [3.63, 3.8) is 0 Å². The number of halogens is 3. The highest BCUT2D eigenvalue weighted by Gasteiger charge is 2.22. The number of likely N-dealkylation sites (tertiary alicyclic amines) is 1. The Hall–Kier alpha value is -0.650. The maximum atomic E-state index is 13.3. The van der Waals surface area contributed by atoms with Gasteiger partial charge in [0.1, 0.15) is 5.82 Å². The third-order valence-electron chi connectivity index (χ3n) is 2.99. The maximum Gasteiger partial charge on any atom is 0.253 e. The van der Waals surface area contributed by atoms with Crippen LogP contribution in [-0.4, -0.2) is 29.9 Å². The van der Waals surface area contributed by atoms with Crippen LogP contribution >= 0.6 is 28.3 Å². The lowest BCUT2D eigenvalue weighted by Gasteiger charge is -2.30. The smallest absolute Gasteiger partial charge is 0.253 e. The van der Waals surface area contributed by atoms with Crippen molar-refractivity contribution in [2.45, 2.75) is 18.9 Å². The molecule has 0 saturated carbocycles. The van der Waals surface area contributed by atoms with E-state index in [1.165, 1.54) is 6.07 Å². The van der Waals surface area contributed by atoms with E-state index in [1.54, 1.807) is 17.0 Å². The summed E-state index contributed by atoms with van der Waals surface area (Å²) in [7, 11) is 0. The summed E-state index contributed by atoms with van der Waals surface area (Å²) in [6.07, 6.45) is 1.62. The Balaban J connectivity index is 0.00000162. The van der Waals surface area contributed by atoms with E-state index in [-0.39, 0.29) is 24.4 Å². The average Bonchev–Trinajstić information content (AvgIpc) is 2.33. The fourth-order valence-corrected chi connectivity index (χ4v) is 2.16. The van der Waals surface area contributed by atoms with Crippen LogP contribution in [-0.2, 0) is 0 Å². The molecule has 1 heterocycles. The first-order valence-corrected chi connectivity index (χ1v) is 6.37. The van der Waals surface area contributed by atoms with E-state index in [2.05, 4.69) is 15.9 Å². The summed E-state index contributed by atoms with van der Waals surface area (Å²) in [5.41, 5.74) is 6.17. The van der Waals surface area contributed by atoms with Crippen LogP contribution < -0.4 is 5.73 Å². The minimum absolute atomic E-state index is 0. The number of nitrogens with two attached hydrogens (primary N) is 1. The molecule has 2 rings (SSSR count). The van der Waals surface area contributed by atoms with Gasteiger partial charge in [0.2, 0.25) is 0 Å². The fraction of sp³-hybridized carbons (Fsp3) is 0.417. The number of rotatable bonds is 1. The monoisotopic (exact) mass is 336 g/mol. The number of piperidine rings is 1. The van der Waals surface area contributed by atoms with Crippen LogP contribution in [0.4, 0.5) is 4.39 Å². The number of nitrogens with zero attached hydrogens (tertiary/aromatic N) is 1. The fourth-order valence-electron chi connectivity index (χ4n) is 1.91. The molecule has 0 bridgehead atoms. The molecule has 1 aromatic carbocycles. The molecule has 0 spiro atoms. The summed E-state index contributed by atoms with van der Waals surface area (Å²) in [6, 6.07) is 4.63. The molecule has 100 valence electrons. The largest absolute Gasteiger partial charge is 0.339 e. The molecule has 1 fully saturated rings. The van der Waals surface area contributed by atoms with Gasteiger partial charge in [-0.2, -0.15) is 0 Å². The van der Waals surface area contributed by atoms with Crippen LogP contribution in [0.25, 0.3) is 0 Å². The van der Waals surface area contributed by atoms with E-state index in [0.29, 0.717) is 23.1 Å². The first-order valence-electron chi connectivity index (χ1n) is 5.58. The van der Waals surface area contributed by atoms with Crippen molar-refractivity contribution in [2.24, 2.45) is 5.73 Å². The normalized spacial score (nSPS) is 16.3. The third kappa shape index (κ3) is 3.43. The molecule has 1 aliphatic heterocycles. The topological polar surface area (TPSA) is 46.3 Å². The number of benzene rings is 1. The average molecular weight is 338 g/mol. The summed E-state index contributed by atoms with van der Waals surface area (Å²) in [5, 5.41) is 0. The molecular weight excluding hydrogens is 323 g/mol. The summed E-state index contributed by atoms with van der Waals surface area (Å²) < 4.78 is 13.7. The summed E-state index contributed by atoms with van der Waals surface area (Å²) in [6.45, 7) is 1.30. The van der Waals surface area contributed by atoms with Gasteiger partial charge in [0.25, 0.3) is 5.91 Å². The Labute approximate surface area is 120 Å².